The van der Waals surface area contributed by atoms with Gasteiger partial charge in [-0.05, 0) is 17.7 Å². The molecule has 0 radical (unpaired) electrons. The number of benzene rings is 1. The number of nitrogens with zero attached hydrogens (tertiary/aromatic N) is 1. The number of carbonyl (C=O) groups excluding carboxylic acids is 1. The maximum atomic E-state index is 13.0. The van der Waals surface area contributed by atoms with Crippen LogP contribution in [0.1, 0.15) is 12.0 Å². The Morgan fingerprint density at radius 3 is 2.72 bits per heavy atom. The first-order valence-electron chi connectivity index (χ1n) is 5.32. The second-order valence-electron chi connectivity index (χ2n) is 4.21. The number of hydrogen-bond donors (Lipinski definition) is 0. The van der Waals surface area contributed by atoms with E-state index in [-0.39, 0.29) is 31.2 Å². The summed E-state index contributed by atoms with van der Waals surface area (Å²) in [5, 5.41) is -0.875. The van der Waals surface area contributed by atoms with Crippen LogP contribution in [0.2, 0.25) is 0 Å². The van der Waals surface area contributed by atoms with Crippen molar-refractivity contribution in [2.45, 2.75) is 18.2 Å². The topological polar surface area (TPSA) is 54.5 Å². The van der Waals surface area contributed by atoms with Gasteiger partial charge in [0.15, 0.2) is 0 Å². The molecule has 1 aliphatic heterocycles. The molecule has 7 heteroatoms. The number of rotatable bonds is 3. The second-order valence-corrected chi connectivity index (χ2v) is 7.11. The Bertz CT molecular complexity index is 575. The predicted molar refractivity (Wildman–Crippen MR) is 65.0 cm³/mol. The molecule has 4 nitrogen and oxygen atoms in total. The fourth-order valence-electron chi connectivity index (χ4n) is 1.93. The molecule has 1 aliphatic rings. The van der Waals surface area contributed by atoms with Crippen LogP contribution in [-0.4, -0.2) is 31.0 Å². The van der Waals surface area contributed by atoms with Gasteiger partial charge in [-0.1, -0.05) is 12.1 Å². The van der Waals surface area contributed by atoms with Crippen molar-refractivity contribution in [2.75, 3.05) is 6.54 Å². The van der Waals surface area contributed by atoms with Crippen LogP contribution in [0, 0.1) is 5.82 Å². The molecule has 1 fully saturated rings. The minimum atomic E-state index is -3.73. The molecule has 0 spiro atoms. The van der Waals surface area contributed by atoms with Crippen molar-refractivity contribution in [3.05, 3.63) is 35.6 Å². The molecule has 1 aromatic rings. The number of halogens is 2. The number of amides is 1. The Hall–Kier alpha value is -1.14. The molecule has 1 aromatic carbocycles. The summed E-state index contributed by atoms with van der Waals surface area (Å²) in [6.45, 7) is 0.251. The Morgan fingerprint density at radius 2 is 2.17 bits per heavy atom. The number of carbonyl (C=O) groups is 1. The van der Waals surface area contributed by atoms with Gasteiger partial charge in [-0.15, -0.1) is 0 Å². The van der Waals surface area contributed by atoms with E-state index in [9.17, 15) is 17.6 Å². The lowest BCUT2D eigenvalue weighted by Crippen LogP contribution is -2.26. The highest BCUT2D eigenvalue weighted by molar-refractivity contribution is 8.14. The summed E-state index contributed by atoms with van der Waals surface area (Å²) in [5.74, 6) is -0.672. The molecule has 0 bridgehead atoms. The maximum Gasteiger partial charge on any atom is 0.237 e. The first kappa shape index (κ1) is 13.3. The molecule has 1 amide bonds. The number of hydrogen-bond acceptors (Lipinski definition) is 3. The Kier molecular flexibility index (Phi) is 3.59. The maximum absolute atomic E-state index is 13.0. The molecule has 0 aromatic heterocycles. The van der Waals surface area contributed by atoms with Gasteiger partial charge in [-0.3, -0.25) is 4.79 Å². The molecular formula is C11H11ClFNO3S. The van der Waals surface area contributed by atoms with Crippen molar-refractivity contribution >= 4 is 25.6 Å². The Labute approximate surface area is 109 Å². The molecule has 1 atom stereocenters. The zero-order valence-electron chi connectivity index (χ0n) is 9.34. The summed E-state index contributed by atoms with van der Waals surface area (Å²) in [5.41, 5.74) is 0.621. The van der Waals surface area contributed by atoms with Crippen LogP contribution >= 0.6 is 10.7 Å². The first-order chi connectivity index (χ1) is 8.36. The van der Waals surface area contributed by atoms with Crippen LogP contribution in [0.4, 0.5) is 4.39 Å². The van der Waals surface area contributed by atoms with Crippen molar-refractivity contribution in [1.82, 2.24) is 4.90 Å². The van der Waals surface area contributed by atoms with E-state index in [0.717, 1.165) is 0 Å². The average molecular weight is 292 g/mol. The van der Waals surface area contributed by atoms with Gasteiger partial charge in [-0.2, -0.15) is 0 Å². The molecule has 0 aliphatic carbocycles. The van der Waals surface area contributed by atoms with Gasteiger partial charge in [0, 0.05) is 30.2 Å². The van der Waals surface area contributed by atoms with Gasteiger partial charge >= 0.3 is 0 Å². The monoisotopic (exact) mass is 291 g/mol. The van der Waals surface area contributed by atoms with Crippen molar-refractivity contribution in [2.24, 2.45) is 0 Å². The Balaban J connectivity index is 2.10. The van der Waals surface area contributed by atoms with E-state index in [2.05, 4.69) is 0 Å². The van der Waals surface area contributed by atoms with Crippen LogP contribution in [0.5, 0.6) is 0 Å². The van der Waals surface area contributed by atoms with E-state index >= 15 is 0 Å². The standard InChI is InChI=1S/C11H11ClFNO3S/c12-18(16,17)10-5-11(15)14(7-10)6-8-2-1-3-9(13)4-8/h1-4,10H,5-7H2. The molecule has 18 heavy (non-hydrogen) atoms. The van der Waals surface area contributed by atoms with E-state index < -0.39 is 14.3 Å². The smallest absolute Gasteiger partial charge is 0.237 e. The third-order valence-corrected chi connectivity index (χ3v) is 4.71. The van der Waals surface area contributed by atoms with Crippen molar-refractivity contribution in [1.29, 1.82) is 0 Å². The van der Waals surface area contributed by atoms with Crippen LogP contribution < -0.4 is 0 Å². The minimum Gasteiger partial charge on any atom is -0.337 e. The van der Waals surface area contributed by atoms with Gasteiger partial charge < -0.3 is 4.90 Å². The summed E-state index contributed by atoms with van der Waals surface area (Å²) in [6.07, 6.45) is -0.110. The molecule has 1 heterocycles. The van der Waals surface area contributed by atoms with Crippen LogP contribution in [0.3, 0.4) is 0 Å². The molecule has 1 unspecified atom stereocenters. The molecule has 0 N–H and O–H groups in total. The molecule has 1 saturated heterocycles. The second kappa shape index (κ2) is 4.85. The fraction of sp³-hybridized carbons (Fsp3) is 0.364. The lowest BCUT2D eigenvalue weighted by atomic mass is 10.2. The zero-order valence-corrected chi connectivity index (χ0v) is 10.9. The van der Waals surface area contributed by atoms with Gasteiger partial charge in [0.2, 0.25) is 15.0 Å². The average Bonchev–Trinajstić information content (AvgIpc) is 2.60. The Morgan fingerprint density at radius 1 is 1.44 bits per heavy atom. The lowest BCUT2D eigenvalue weighted by Gasteiger charge is -2.16. The lowest BCUT2D eigenvalue weighted by molar-refractivity contribution is -0.128. The van der Waals surface area contributed by atoms with E-state index in [1.54, 1.807) is 12.1 Å². The van der Waals surface area contributed by atoms with Crippen molar-refractivity contribution in [3.8, 4) is 0 Å². The normalized spacial score (nSPS) is 20.4. The SMILES string of the molecule is O=C1CC(S(=O)(=O)Cl)CN1Cc1cccc(F)c1. The largest absolute Gasteiger partial charge is 0.337 e. The highest BCUT2D eigenvalue weighted by Crippen LogP contribution is 2.22. The summed E-state index contributed by atoms with van der Waals surface area (Å²) in [6, 6.07) is 5.84. The van der Waals surface area contributed by atoms with Crippen LogP contribution in [0.25, 0.3) is 0 Å². The molecule has 2 rings (SSSR count). The quantitative estimate of drug-likeness (QED) is 0.793. The van der Waals surface area contributed by atoms with Crippen molar-refractivity contribution in [3.63, 3.8) is 0 Å². The first-order valence-corrected chi connectivity index (χ1v) is 7.69. The van der Waals surface area contributed by atoms with E-state index in [4.69, 9.17) is 10.7 Å². The van der Waals surface area contributed by atoms with Gasteiger partial charge in [-0.25, -0.2) is 12.8 Å². The minimum absolute atomic E-state index is 0.0567. The highest BCUT2D eigenvalue weighted by atomic mass is 35.7. The molecule has 98 valence electrons. The molecular weight excluding hydrogens is 281 g/mol. The summed E-state index contributed by atoms with van der Waals surface area (Å²) in [7, 11) is 1.50. The van der Waals surface area contributed by atoms with Gasteiger partial charge in [0.05, 0.1) is 0 Å². The summed E-state index contributed by atoms with van der Waals surface area (Å²) in [4.78, 5) is 13.0. The van der Waals surface area contributed by atoms with E-state index in [1.165, 1.54) is 17.0 Å². The van der Waals surface area contributed by atoms with Gasteiger partial charge in [0.1, 0.15) is 11.1 Å². The highest BCUT2D eigenvalue weighted by Gasteiger charge is 2.37. The fourth-order valence-corrected chi connectivity index (χ4v) is 2.99. The molecule has 0 saturated carbocycles. The van der Waals surface area contributed by atoms with Crippen LogP contribution in [0.15, 0.2) is 24.3 Å². The zero-order chi connectivity index (χ0) is 13.3. The van der Waals surface area contributed by atoms with E-state index in [0.29, 0.717) is 5.56 Å². The predicted octanol–water partition coefficient (Wildman–Crippen LogP) is 1.50. The van der Waals surface area contributed by atoms with Gasteiger partial charge in [0.25, 0.3) is 0 Å². The summed E-state index contributed by atoms with van der Waals surface area (Å²) < 4.78 is 35.3. The third-order valence-electron chi connectivity index (χ3n) is 2.84. The van der Waals surface area contributed by atoms with Crippen LogP contribution in [-0.2, 0) is 20.4 Å². The van der Waals surface area contributed by atoms with E-state index in [1.807, 2.05) is 0 Å². The summed E-state index contributed by atoms with van der Waals surface area (Å²) >= 11 is 0. The third kappa shape index (κ3) is 3.00. The number of likely N-dealkylation sites (tertiary alicyclic amines) is 1. The van der Waals surface area contributed by atoms with Crippen molar-refractivity contribution < 1.29 is 17.6 Å².